The Bertz CT molecular complexity index is 837. The first-order chi connectivity index (χ1) is 11.8. The Labute approximate surface area is 139 Å². The van der Waals surface area contributed by atoms with Gasteiger partial charge in [0.15, 0.2) is 11.5 Å². The molecule has 0 radical (unpaired) electrons. The van der Waals surface area contributed by atoms with Crippen LogP contribution in [0.5, 0.6) is 11.5 Å². The number of imidazole rings is 1. The van der Waals surface area contributed by atoms with Crippen LogP contribution in [-0.2, 0) is 0 Å². The zero-order valence-corrected chi connectivity index (χ0v) is 13.3. The summed E-state index contributed by atoms with van der Waals surface area (Å²) in [5.74, 6) is 1.90. The van der Waals surface area contributed by atoms with E-state index in [1.165, 1.54) is 0 Å². The maximum absolute atomic E-state index is 5.52. The number of rotatable bonds is 7. The van der Waals surface area contributed by atoms with Gasteiger partial charge in [-0.2, -0.15) is 5.10 Å². The van der Waals surface area contributed by atoms with Crippen LogP contribution in [0, 0.1) is 0 Å². The SMILES string of the molecule is C=CCOc1ccc(C=NNc2nc3ccccc3[nH]2)cc1OC. The molecule has 0 amide bonds. The van der Waals surface area contributed by atoms with E-state index >= 15 is 0 Å². The van der Waals surface area contributed by atoms with Crippen molar-refractivity contribution in [2.75, 3.05) is 19.1 Å². The molecule has 122 valence electrons. The van der Waals surface area contributed by atoms with Crippen LogP contribution in [0.1, 0.15) is 5.56 Å². The maximum Gasteiger partial charge on any atom is 0.222 e. The maximum atomic E-state index is 5.52. The third-order valence-corrected chi connectivity index (χ3v) is 3.32. The van der Waals surface area contributed by atoms with Crippen molar-refractivity contribution in [2.24, 2.45) is 5.10 Å². The molecule has 0 aliphatic heterocycles. The number of methoxy groups -OCH3 is 1. The quantitative estimate of drug-likeness (QED) is 0.396. The molecule has 0 aliphatic rings. The van der Waals surface area contributed by atoms with Crippen molar-refractivity contribution in [2.45, 2.75) is 0 Å². The summed E-state index contributed by atoms with van der Waals surface area (Å²) in [6, 6.07) is 13.4. The van der Waals surface area contributed by atoms with Crippen LogP contribution < -0.4 is 14.9 Å². The lowest BCUT2D eigenvalue weighted by atomic mass is 10.2. The molecule has 0 bridgehead atoms. The lowest BCUT2D eigenvalue weighted by Gasteiger charge is -2.09. The average Bonchev–Trinajstić information content (AvgIpc) is 3.03. The Morgan fingerprint density at radius 3 is 2.92 bits per heavy atom. The number of hydrogen-bond donors (Lipinski definition) is 2. The summed E-state index contributed by atoms with van der Waals surface area (Å²) in [4.78, 5) is 7.54. The van der Waals surface area contributed by atoms with Gasteiger partial charge >= 0.3 is 0 Å². The highest BCUT2D eigenvalue weighted by Crippen LogP contribution is 2.27. The number of ether oxygens (including phenoxy) is 2. The number of hydrazone groups is 1. The number of nitrogens with one attached hydrogen (secondary N) is 2. The van der Waals surface area contributed by atoms with Crippen LogP contribution in [0.2, 0.25) is 0 Å². The predicted molar refractivity (Wildman–Crippen MR) is 96.0 cm³/mol. The van der Waals surface area contributed by atoms with E-state index in [9.17, 15) is 0 Å². The van der Waals surface area contributed by atoms with Gasteiger partial charge in [0.05, 0.1) is 24.4 Å². The number of fused-ring (bicyclic) bond motifs is 1. The summed E-state index contributed by atoms with van der Waals surface area (Å²) in [6.07, 6.45) is 3.37. The van der Waals surface area contributed by atoms with Gasteiger partial charge in [-0.3, -0.25) is 0 Å². The molecular formula is C18H18N4O2. The Balaban J connectivity index is 1.70. The van der Waals surface area contributed by atoms with Crippen LogP contribution in [0.25, 0.3) is 11.0 Å². The van der Waals surface area contributed by atoms with E-state index in [1.807, 2.05) is 42.5 Å². The van der Waals surface area contributed by atoms with E-state index in [4.69, 9.17) is 9.47 Å². The predicted octanol–water partition coefficient (Wildman–Crippen LogP) is 3.58. The van der Waals surface area contributed by atoms with E-state index in [2.05, 4.69) is 27.1 Å². The summed E-state index contributed by atoms with van der Waals surface area (Å²) in [6.45, 7) is 4.06. The Morgan fingerprint density at radius 2 is 2.12 bits per heavy atom. The van der Waals surface area contributed by atoms with Gasteiger partial charge in [-0.05, 0) is 35.9 Å². The first-order valence-electron chi connectivity index (χ1n) is 7.45. The molecule has 1 aromatic heterocycles. The number of H-pyrrole nitrogens is 1. The van der Waals surface area contributed by atoms with E-state index in [1.54, 1.807) is 19.4 Å². The number of nitrogens with zero attached hydrogens (tertiary/aromatic N) is 2. The van der Waals surface area contributed by atoms with Crippen molar-refractivity contribution < 1.29 is 9.47 Å². The van der Waals surface area contributed by atoms with Gasteiger partial charge in [-0.25, -0.2) is 10.4 Å². The van der Waals surface area contributed by atoms with Gasteiger partial charge < -0.3 is 14.5 Å². The lowest BCUT2D eigenvalue weighted by molar-refractivity contribution is 0.326. The standard InChI is InChI=1S/C18H18N4O2/c1-3-10-24-16-9-8-13(11-17(16)23-2)12-19-22-18-20-14-6-4-5-7-15(14)21-18/h3-9,11-12H,1,10H2,2H3,(H2,20,21,22). The number of anilines is 1. The minimum absolute atomic E-state index is 0.428. The van der Waals surface area contributed by atoms with E-state index < -0.39 is 0 Å². The van der Waals surface area contributed by atoms with Crippen molar-refractivity contribution in [3.63, 3.8) is 0 Å². The average molecular weight is 322 g/mol. The monoisotopic (exact) mass is 322 g/mol. The van der Waals surface area contributed by atoms with Gasteiger partial charge in [0.25, 0.3) is 0 Å². The van der Waals surface area contributed by atoms with Crippen molar-refractivity contribution in [3.05, 3.63) is 60.7 Å². The van der Waals surface area contributed by atoms with Crippen LogP contribution >= 0.6 is 0 Å². The highest BCUT2D eigenvalue weighted by atomic mass is 16.5. The summed E-state index contributed by atoms with van der Waals surface area (Å²) < 4.78 is 10.8. The van der Waals surface area contributed by atoms with Crippen molar-refractivity contribution in [1.82, 2.24) is 9.97 Å². The fourth-order valence-electron chi connectivity index (χ4n) is 2.21. The molecule has 6 nitrogen and oxygen atoms in total. The normalized spacial score (nSPS) is 10.9. The molecule has 2 N–H and O–H groups in total. The molecule has 3 rings (SSSR count). The number of aromatic nitrogens is 2. The Kier molecular flexibility index (Phi) is 4.76. The molecule has 3 aromatic rings. The van der Waals surface area contributed by atoms with Crippen LogP contribution in [0.3, 0.4) is 0 Å². The summed E-state index contributed by atoms with van der Waals surface area (Å²) in [5, 5.41) is 4.19. The largest absolute Gasteiger partial charge is 0.493 e. The van der Waals surface area contributed by atoms with Crippen LogP contribution in [-0.4, -0.2) is 29.9 Å². The van der Waals surface area contributed by atoms with Gasteiger partial charge in [0.2, 0.25) is 5.95 Å². The molecule has 0 spiro atoms. The number of aromatic amines is 1. The molecule has 1 heterocycles. The second kappa shape index (κ2) is 7.32. The highest BCUT2D eigenvalue weighted by Gasteiger charge is 2.04. The van der Waals surface area contributed by atoms with Crippen LogP contribution in [0.4, 0.5) is 5.95 Å². The Morgan fingerprint density at radius 1 is 1.25 bits per heavy atom. The molecule has 2 aromatic carbocycles. The molecule has 24 heavy (non-hydrogen) atoms. The number of benzene rings is 2. The first-order valence-corrected chi connectivity index (χ1v) is 7.45. The van der Waals surface area contributed by atoms with E-state index in [0.717, 1.165) is 16.6 Å². The van der Waals surface area contributed by atoms with Gasteiger partial charge in [0.1, 0.15) is 6.61 Å². The minimum atomic E-state index is 0.428. The van der Waals surface area contributed by atoms with E-state index in [-0.39, 0.29) is 0 Å². The molecule has 0 atom stereocenters. The van der Waals surface area contributed by atoms with E-state index in [0.29, 0.717) is 24.1 Å². The second-order valence-electron chi connectivity index (χ2n) is 4.98. The Hall–Kier alpha value is -3.28. The zero-order valence-electron chi connectivity index (χ0n) is 13.3. The molecule has 0 saturated heterocycles. The minimum Gasteiger partial charge on any atom is -0.493 e. The second-order valence-corrected chi connectivity index (χ2v) is 4.98. The molecule has 0 saturated carbocycles. The molecule has 0 unspecified atom stereocenters. The number of hydrogen-bond acceptors (Lipinski definition) is 5. The van der Waals surface area contributed by atoms with Gasteiger partial charge in [0, 0.05) is 0 Å². The summed E-state index contributed by atoms with van der Waals surface area (Å²) >= 11 is 0. The highest BCUT2D eigenvalue weighted by molar-refractivity contribution is 5.82. The van der Waals surface area contributed by atoms with Crippen molar-refractivity contribution in [3.8, 4) is 11.5 Å². The number of para-hydroxylation sites is 2. The fraction of sp³-hybridized carbons (Fsp3) is 0.111. The van der Waals surface area contributed by atoms with Crippen molar-refractivity contribution in [1.29, 1.82) is 0 Å². The third kappa shape index (κ3) is 3.55. The molecule has 0 aliphatic carbocycles. The zero-order chi connectivity index (χ0) is 16.8. The summed E-state index contributed by atoms with van der Waals surface area (Å²) in [5.41, 5.74) is 5.61. The molecular weight excluding hydrogens is 304 g/mol. The van der Waals surface area contributed by atoms with Crippen LogP contribution in [0.15, 0.2) is 60.2 Å². The molecule has 6 heteroatoms. The van der Waals surface area contributed by atoms with Crippen molar-refractivity contribution >= 4 is 23.2 Å². The molecule has 0 fully saturated rings. The third-order valence-electron chi connectivity index (χ3n) is 3.32. The summed E-state index contributed by atoms with van der Waals surface area (Å²) in [7, 11) is 1.60. The van der Waals surface area contributed by atoms with Gasteiger partial charge in [-0.15, -0.1) is 0 Å². The topological polar surface area (TPSA) is 71.5 Å². The lowest BCUT2D eigenvalue weighted by Crippen LogP contribution is -1.97. The smallest absolute Gasteiger partial charge is 0.222 e. The fourth-order valence-corrected chi connectivity index (χ4v) is 2.21. The first kappa shape index (κ1) is 15.6. The van der Waals surface area contributed by atoms with Gasteiger partial charge in [-0.1, -0.05) is 24.8 Å².